The number of thiazole rings is 1. The lowest BCUT2D eigenvalue weighted by molar-refractivity contribution is 0.526. The maximum atomic E-state index is 12.2. The van der Waals surface area contributed by atoms with E-state index >= 15 is 0 Å². The molecular weight excluding hydrogens is 272 g/mol. The second kappa shape index (κ2) is 4.87. The van der Waals surface area contributed by atoms with Crippen molar-refractivity contribution < 1.29 is 8.42 Å². The first kappa shape index (κ1) is 13.3. The molecule has 0 spiro atoms. The van der Waals surface area contributed by atoms with E-state index in [9.17, 15) is 8.42 Å². The van der Waals surface area contributed by atoms with E-state index in [-0.39, 0.29) is 16.8 Å². The van der Waals surface area contributed by atoms with Crippen molar-refractivity contribution in [3.63, 3.8) is 0 Å². The van der Waals surface area contributed by atoms with Crippen molar-refractivity contribution in [3.8, 4) is 0 Å². The molecule has 2 aromatic rings. The van der Waals surface area contributed by atoms with Gasteiger partial charge in [-0.2, -0.15) is 0 Å². The zero-order chi connectivity index (χ0) is 13.3. The monoisotopic (exact) mass is 288 g/mol. The predicted molar refractivity (Wildman–Crippen MR) is 72.1 cm³/mol. The maximum Gasteiger partial charge on any atom is 0.260 e. The van der Waals surface area contributed by atoms with Crippen LogP contribution in [-0.2, 0) is 10.0 Å². The van der Waals surface area contributed by atoms with Crippen LogP contribution in [0.3, 0.4) is 0 Å². The van der Waals surface area contributed by atoms with E-state index in [0.29, 0.717) is 11.5 Å². The summed E-state index contributed by atoms with van der Waals surface area (Å²) in [6.07, 6.45) is 2.57. The number of sulfonamides is 1. The average Bonchev–Trinajstić information content (AvgIpc) is 2.84. The molecule has 0 aliphatic rings. The van der Waals surface area contributed by atoms with Crippen LogP contribution in [0.5, 0.6) is 0 Å². The fourth-order valence-electron chi connectivity index (χ4n) is 1.51. The van der Waals surface area contributed by atoms with Crippen molar-refractivity contribution in [2.75, 3.05) is 12.3 Å². The van der Waals surface area contributed by atoms with Crippen LogP contribution in [0.15, 0.2) is 16.6 Å². The molecule has 6 nitrogen and oxygen atoms in total. The number of nitrogens with two attached hydrogens (primary N) is 1. The molecule has 1 atom stereocenters. The van der Waals surface area contributed by atoms with Crippen LogP contribution in [-0.4, -0.2) is 24.3 Å². The van der Waals surface area contributed by atoms with E-state index in [0.717, 1.165) is 6.42 Å². The highest BCUT2D eigenvalue weighted by Crippen LogP contribution is 2.23. The average molecular weight is 288 g/mol. The minimum Gasteiger partial charge on any atom is -0.381 e. The summed E-state index contributed by atoms with van der Waals surface area (Å²) in [5.74, 6) is 0.324. The Morgan fingerprint density at radius 1 is 1.61 bits per heavy atom. The van der Waals surface area contributed by atoms with Gasteiger partial charge in [0, 0.05) is 18.1 Å². The fourth-order valence-corrected chi connectivity index (χ4v) is 3.66. The van der Waals surface area contributed by atoms with Gasteiger partial charge in [0.25, 0.3) is 10.0 Å². The van der Waals surface area contributed by atoms with Crippen LogP contribution in [0.25, 0.3) is 4.96 Å². The summed E-state index contributed by atoms with van der Waals surface area (Å²) in [5.41, 5.74) is 5.68. The molecule has 0 aliphatic heterocycles. The number of hydrogen-bond donors (Lipinski definition) is 2. The van der Waals surface area contributed by atoms with E-state index in [1.54, 1.807) is 11.6 Å². The number of fused-ring (bicyclic) bond motifs is 1. The van der Waals surface area contributed by atoms with E-state index in [1.807, 2.05) is 13.8 Å². The molecule has 0 bridgehead atoms. The number of nitrogen functional groups attached to an aromatic ring is 1. The van der Waals surface area contributed by atoms with Crippen molar-refractivity contribution in [2.45, 2.75) is 25.3 Å². The molecule has 0 fully saturated rings. The molecule has 1 unspecified atom stereocenters. The minimum atomic E-state index is -3.62. The molecule has 0 radical (unpaired) electrons. The van der Waals surface area contributed by atoms with Crippen molar-refractivity contribution in [1.82, 2.24) is 14.1 Å². The lowest BCUT2D eigenvalue weighted by Gasteiger charge is -2.10. The lowest BCUT2D eigenvalue weighted by atomic mass is 10.1. The molecule has 2 aromatic heterocycles. The third kappa shape index (κ3) is 2.36. The van der Waals surface area contributed by atoms with Gasteiger partial charge in [0.05, 0.1) is 0 Å². The Labute approximate surface area is 110 Å². The Hall–Kier alpha value is -1.12. The van der Waals surface area contributed by atoms with Gasteiger partial charge >= 0.3 is 0 Å². The number of aromatic nitrogens is 2. The Balaban J connectivity index is 2.34. The van der Waals surface area contributed by atoms with Gasteiger partial charge in [0.1, 0.15) is 0 Å². The number of nitrogens with zero attached hydrogens (tertiary/aromatic N) is 2. The van der Waals surface area contributed by atoms with E-state index in [4.69, 9.17) is 5.73 Å². The molecule has 18 heavy (non-hydrogen) atoms. The quantitative estimate of drug-likeness (QED) is 0.868. The first-order chi connectivity index (χ1) is 8.45. The Bertz CT molecular complexity index is 644. The zero-order valence-electron chi connectivity index (χ0n) is 10.3. The molecule has 3 N–H and O–H groups in total. The Morgan fingerprint density at radius 3 is 3.00 bits per heavy atom. The summed E-state index contributed by atoms with van der Waals surface area (Å²) >= 11 is 1.35. The summed E-state index contributed by atoms with van der Waals surface area (Å²) in [6, 6.07) is 0. The van der Waals surface area contributed by atoms with Gasteiger partial charge in [0.15, 0.2) is 15.8 Å². The summed E-state index contributed by atoms with van der Waals surface area (Å²) in [6.45, 7) is 4.40. The summed E-state index contributed by atoms with van der Waals surface area (Å²) in [7, 11) is -3.62. The lowest BCUT2D eigenvalue weighted by Crippen LogP contribution is -2.29. The number of imidazole rings is 1. The molecule has 0 amide bonds. The van der Waals surface area contributed by atoms with Gasteiger partial charge in [-0.1, -0.05) is 20.3 Å². The summed E-state index contributed by atoms with van der Waals surface area (Å²) in [5, 5.41) is 1.80. The number of rotatable bonds is 5. The van der Waals surface area contributed by atoms with Crippen LogP contribution < -0.4 is 10.5 Å². The van der Waals surface area contributed by atoms with Crippen LogP contribution in [0.2, 0.25) is 0 Å². The maximum absolute atomic E-state index is 12.2. The number of hydrogen-bond acceptors (Lipinski definition) is 5. The van der Waals surface area contributed by atoms with E-state index in [1.165, 1.54) is 15.7 Å². The summed E-state index contributed by atoms with van der Waals surface area (Å²) in [4.78, 5) is 4.61. The first-order valence-corrected chi connectivity index (χ1v) is 8.02. The minimum absolute atomic E-state index is 0.0297. The van der Waals surface area contributed by atoms with Crippen molar-refractivity contribution >= 4 is 32.1 Å². The molecule has 2 rings (SSSR count). The molecular formula is C10H16N4O2S2. The van der Waals surface area contributed by atoms with Crippen LogP contribution in [0.4, 0.5) is 5.82 Å². The van der Waals surface area contributed by atoms with Gasteiger partial charge in [-0.15, -0.1) is 11.3 Å². The SMILES string of the molecule is CCC(C)CNS(=O)(=O)c1c(N)nc2sccn12. The highest BCUT2D eigenvalue weighted by atomic mass is 32.2. The van der Waals surface area contributed by atoms with Crippen LogP contribution in [0.1, 0.15) is 20.3 Å². The number of nitrogens with one attached hydrogen (secondary N) is 1. The smallest absolute Gasteiger partial charge is 0.260 e. The highest BCUT2D eigenvalue weighted by molar-refractivity contribution is 7.89. The molecule has 0 saturated carbocycles. The van der Waals surface area contributed by atoms with Crippen LogP contribution in [0, 0.1) is 5.92 Å². The second-order valence-electron chi connectivity index (χ2n) is 4.22. The topological polar surface area (TPSA) is 89.5 Å². The summed E-state index contributed by atoms with van der Waals surface area (Å²) < 4.78 is 28.5. The van der Waals surface area contributed by atoms with Gasteiger partial charge in [0.2, 0.25) is 0 Å². The van der Waals surface area contributed by atoms with Crippen molar-refractivity contribution in [2.24, 2.45) is 5.92 Å². The largest absolute Gasteiger partial charge is 0.381 e. The Kier molecular flexibility index (Phi) is 3.60. The molecule has 2 heterocycles. The molecule has 8 heteroatoms. The third-order valence-corrected chi connectivity index (χ3v) is 5.03. The van der Waals surface area contributed by atoms with Crippen LogP contribution >= 0.6 is 11.3 Å². The van der Waals surface area contributed by atoms with Crippen molar-refractivity contribution in [1.29, 1.82) is 0 Å². The van der Waals surface area contributed by atoms with Gasteiger partial charge in [-0.05, 0) is 5.92 Å². The Morgan fingerprint density at radius 2 is 2.33 bits per heavy atom. The second-order valence-corrected chi connectivity index (χ2v) is 6.78. The highest BCUT2D eigenvalue weighted by Gasteiger charge is 2.24. The molecule has 0 aliphatic carbocycles. The first-order valence-electron chi connectivity index (χ1n) is 5.66. The fraction of sp³-hybridized carbons (Fsp3) is 0.500. The third-order valence-electron chi connectivity index (χ3n) is 2.82. The molecule has 0 aromatic carbocycles. The normalized spacial score (nSPS) is 14.1. The predicted octanol–water partition coefficient (Wildman–Crippen LogP) is 1.30. The van der Waals surface area contributed by atoms with E-state index in [2.05, 4.69) is 9.71 Å². The molecule has 100 valence electrons. The number of anilines is 1. The standard InChI is InChI=1S/C10H16N4O2S2/c1-3-7(2)6-12-18(15,16)9-8(11)13-10-14(9)4-5-17-10/h4-5,7,12H,3,6,11H2,1-2H3. The van der Waals surface area contributed by atoms with Gasteiger partial charge < -0.3 is 5.73 Å². The molecule has 0 saturated heterocycles. The van der Waals surface area contributed by atoms with Crippen molar-refractivity contribution in [3.05, 3.63) is 11.6 Å². The van der Waals surface area contributed by atoms with Gasteiger partial charge in [-0.25, -0.2) is 18.1 Å². The zero-order valence-corrected chi connectivity index (χ0v) is 11.9. The van der Waals surface area contributed by atoms with E-state index < -0.39 is 10.0 Å². The van der Waals surface area contributed by atoms with Gasteiger partial charge in [-0.3, -0.25) is 4.40 Å².